The van der Waals surface area contributed by atoms with Crippen molar-refractivity contribution in [1.29, 1.82) is 0 Å². The molecule has 1 aliphatic carbocycles. The average molecular weight is 178 g/mol. The predicted octanol–water partition coefficient (Wildman–Crippen LogP) is 3.74. The second-order valence-corrected chi connectivity index (χ2v) is 4.70. The Labute approximate surface area is 80.5 Å². The summed E-state index contributed by atoms with van der Waals surface area (Å²) < 4.78 is 0. The molecule has 0 amide bonds. The summed E-state index contributed by atoms with van der Waals surface area (Å²) in [6, 6.07) is 0. The van der Waals surface area contributed by atoms with Crippen molar-refractivity contribution in [2.45, 2.75) is 40.5 Å². The Hall–Kier alpha value is -0.940. The van der Waals surface area contributed by atoms with Gasteiger partial charge < -0.3 is 5.11 Å². The number of hydrogen-bond acceptors (Lipinski definition) is 1. The Kier molecular flexibility index (Phi) is 2.68. The molecule has 1 aliphatic rings. The molecule has 0 spiro atoms. The standard InChI is InChI=1S/C12H18O/c1-9-10(5-6-11(9)13)7-8-12(2,3)4/h8,13H,5-6H2,1-4H3. The Morgan fingerprint density at radius 3 is 2.31 bits per heavy atom. The lowest BCUT2D eigenvalue weighted by molar-refractivity contribution is 0.393. The van der Waals surface area contributed by atoms with E-state index in [1.807, 2.05) is 6.92 Å². The number of hydrogen-bond donors (Lipinski definition) is 1. The normalized spacial score (nSPS) is 17.7. The largest absolute Gasteiger partial charge is 0.512 e. The van der Waals surface area contributed by atoms with E-state index in [0.717, 1.165) is 24.0 Å². The summed E-state index contributed by atoms with van der Waals surface area (Å²) in [4.78, 5) is 0. The number of aliphatic hydroxyl groups excluding tert-OH is 1. The molecule has 0 aromatic rings. The minimum absolute atomic E-state index is 0.172. The molecular weight excluding hydrogens is 160 g/mol. The van der Waals surface area contributed by atoms with Gasteiger partial charge in [-0.25, -0.2) is 0 Å². The van der Waals surface area contributed by atoms with Crippen molar-refractivity contribution in [3.8, 4) is 0 Å². The molecule has 0 aliphatic heterocycles. The minimum atomic E-state index is 0.172. The first kappa shape index (κ1) is 10.1. The van der Waals surface area contributed by atoms with Crippen molar-refractivity contribution >= 4 is 0 Å². The average Bonchev–Trinajstić information content (AvgIpc) is 2.29. The topological polar surface area (TPSA) is 20.2 Å². The smallest absolute Gasteiger partial charge is 0.0964 e. The quantitative estimate of drug-likeness (QED) is 0.560. The summed E-state index contributed by atoms with van der Waals surface area (Å²) in [5.41, 5.74) is 5.62. The molecule has 0 radical (unpaired) electrons. The molecule has 1 heteroatoms. The van der Waals surface area contributed by atoms with Crippen LogP contribution in [0.15, 0.2) is 28.7 Å². The molecular formula is C12H18O. The van der Waals surface area contributed by atoms with Gasteiger partial charge in [-0.15, -0.1) is 5.73 Å². The Morgan fingerprint density at radius 1 is 1.31 bits per heavy atom. The zero-order valence-electron chi connectivity index (χ0n) is 8.94. The SMILES string of the molecule is CC1=C(O)CCC1=C=CC(C)(C)C. The van der Waals surface area contributed by atoms with Crippen molar-refractivity contribution in [2.24, 2.45) is 5.41 Å². The van der Waals surface area contributed by atoms with Gasteiger partial charge in [0.15, 0.2) is 0 Å². The van der Waals surface area contributed by atoms with Crippen molar-refractivity contribution in [3.63, 3.8) is 0 Å². The van der Waals surface area contributed by atoms with E-state index in [-0.39, 0.29) is 5.41 Å². The molecule has 0 heterocycles. The molecule has 1 rings (SSSR count). The molecule has 72 valence electrons. The highest BCUT2D eigenvalue weighted by molar-refractivity contribution is 5.36. The monoisotopic (exact) mass is 178 g/mol. The Balaban J connectivity index is 2.93. The first-order valence-electron chi connectivity index (χ1n) is 4.76. The predicted molar refractivity (Wildman–Crippen MR) is 55.6 cm³/mol. The lowest BCUT2D eigenvalue weighted by Crippen LogP contribution is -1.97. The zero-order valence-corrected chi connectivity index (χ0v) is 8.94. The number of allylic oxidation sites excluding steroid dienone is 3. The molecule has 0 saturated heterocycles. The van der Waals surface area contributed by atoms with E-state index in [0.29, 0.717) is 5.76 Å². The van der Waals surface area contributed by atoms with E-state index in [2.05, 4.69) is 32.6 Å². The van der Waals surface area contributed by atoms with Gasteiger partial charge in [0.2, 0.25) is 0 Å². The molecule has 13 heavy (non-hydrogen) atoms. The third kappa shape index (κ3) is 2.78. The van der Waals surface area contributed by atoms with Gasteiger partial charge >= 0.3 is 0 Å². The third-order valence-corrected chi connectivity index (χ3v) is 2.18. The maximum Gasteiger partial charge on any atom is 0.0964 e. The summed E-state index contributed by atoms with van der Waals surface area (Å²) >= 11 is 0. The molecule has 0 fully saturated rings. The fraction of sp³-hybridized carbons (Fsp3) is 0.583. The molecule has 1 N–H and O–H groups in total. The van der Waals surface area contributed by atoms with Crippen LogP contribution in [0.25, 0.3) is 0 Å². The number of aliphatic hydroxyl groups is 1. The van der Waals surface area contributed by atoms with Crippen LogP contribution in [0.3, 0.4) is 0 Å². The van der Waals surface area contributed by atoms with Crippen LogP contribution >= 0.6 is 0 Å². The summed E-state index contributed by atoms with van der Waals surface area (Å²) in [5.74, 6) is 0.532. The number of rotatable bonds is 0. The van der Waals surface area contributed by atoms with Crippen LogP contribution in [-0.4, -0.2) is 5.11 Å². The van der Waals surface area contributed by atoms with Gasteiger partial charge in [-0.05, 0) is 30.4 Å². The second-order valence-electron chi connectivity index (χ2n) is 4.70. The van der Waals surface area contributed by atoms with E-state index in [1.165, 1.54) is 0 Å². The maximum atomic E-state index is 9.40. The lowest BCUT2D eigenvalue weighted by atomic mass is 9.96. The molecule has 0 atom stereocenters. The van der Waals surface area contributed by atoms with E-state index >= 15 is 0 Å². The Morgan fingerprint density at radius 2 is 1.92 bits per heavy atom. The van der Waals surface area contributed by atoms with Gasteiger partial charge in [0, 0.05) is 12.0 Å². The van der Waals surface area contributed by atoms with Crippen LogP contribution in [0.5, 0.6) is 0 Å². The summed E-state index contributed by atoms with van der Waals surface area (Å²) in [7, 11) is 0. The van der Waals surface area contributed by atoms with E-state index in [1.54, 1.807) is 0 Å². The van der Waals surface area contributed by atoms with Crippen molar-refractivity contribution in [3.05, 3.63) is 28.7 Å². The fourth-order valence-corrected chi connectivity index (χ4v) is 1.28. The van der Waals surface area contributed by atoms with Crippen molar-refractivity contribution < 1.29 is 5.11 Å². The first-order chi connectivity index (χ1) is 5.90. The molecule has 0 saturated carbocycles. The molecule has 1 nitrogen and oxygen atoms in total. The maximum absolute atomic E-state index is 9.40. The Bertz CT molecular complexity index is 294. The van der Waals surface area contributed by atoms with Crippen LogP contribution in [0.2, 0.25) is 0 Å². The van der Waals surface area contributed by atoms with Gasteiger partial charge in [0.05, 0.1) is 5.76 Å². The highest BCUT2D eigenvalue weighted by Gasteiger charge is 2.14. The molecule has 0 bridgehead atoms. The van der Waals surface area contributed by atoms with Crippen LogP contribution in [-0.2, 0) is 0 Å². The first-order valence-corrected chi connectivity index (χ1v) is 4.76. The van der Waals surface area contributed by atoms with E-state index in [4.69, 9.17) is 0 Å². The summed E-state index contributed by atoms with van der Waals surface area (Å²) in [5, 5.41) is 9.40. The molecule has 0 aromatic carbocycles. The van der Waals surface area contributed by atoms with E-state index < -0.39 is 0 Å². The van der Waals surface area contributed by atoms with Crippen LogP contribution < -0.4 is 0 Å². The summed E-state index contributed by atoms with van der Waals surface area (Å²) in [6.07, 6.45) is 3.79. The van der Waals surface area contributed by atoms with Crippen molar-refractivity contribution in [2.75, 3.05) is 0 Å². The molecule has 0 aromatic heterocycles. The lowest BCUT2D eigenvalue weighted by Gasteiger charge is -2.09. The minimum Gasteiger partial charge on any atom is -0.512 e. The van der Waals surface area contributed by atoms with Crippen LogP contribution in [0, 0.1) is 5.41 Å². The van der Waals surface area contributed by atoms with Crippen LogP contribution in [0.4, 0.5) is 0 Å². The fourth-order valence-electron chi connectivity index (χ4n) is 1.28. The van der Waals surface area contributed by atoms with Crippen molar-refractivity contribution in [1.82, 2.24) is 0 Å². The van der Waals surface area contributed by atoms with E-state index in [9.17, 15) is 5.11 Å². The summed E-state index contributed by atoms with van der Waals surface area (Å²) in [6.45, 7) is 8.40. The van der Waals surface area contributed by atoms with Gasteiger partial charge in [-0.3, -0.25) is 0 Å². The highest BCUT2D eigenvalue weighted by Crippen LogP contribution is 2.28. The third-order valence-electron chi connectivity index (χ3n) is 2.18. The molecule has 0 unspecified atom stereocenters. The van der Waals surface area contributed by atoms with Gasteiger partial charge in [-0.2, -0.15) is 0 Å². The zero-order chi connectivity index (χ0) is 10.1. The van der Waals surface area contributed by atoms with Gasteiger partial charge in [-0.1, -0.05) is 20.8 Å². The second kappa shape index (κ2) is 3.43. The van der Waals surface area contributed by atoms with Gasteiger partial charge in [0.1, 0.15) is 0 Å². The van der Waals surface area contributed by atoms with Crippen LogP contribution in [0.1, 0.15) is 40.5 Å². The highest BCUT2D eigenvalue weighted by atomic mass is 16.3. The van der Waals surface area contributed by atoms with Gasteiger partial charge in [0.25, 0.3) is 0 Å².